The van der Waals surface area contributed by atoms with Crippen molar-refractivity contribution in [1.82, 2.24) is 0 Å². The lowest BCUT2D eigenvalue weighted by atomic mass is 10.2. The van der Waals surface area contributed by atoms with Gasteiger partial charge in [0.2, 0.25) is 0 Å². The fraction of sp³-hybridized carbons (Fsp3) is 0.0909. The first-order valence-corrected chi connectivity index (χ1v) is 11.0. The summed E-state index contributed by atoms with van der Waals surface area (Å²) in [5.41, 5.74) is 1.59. The summed E-state index contributed by atoms with van der Waals surface area (Å²) < 4.78 is 11.3. The minimum absolute atomic E-state index is 0.0619. The Morgan fingerprint density at radius 3 is 2.34 bits per heavy atom. The molecule has 0 fully saturated rings. The van der Waals surface area contributed by atoms with Crippen molar-refractivity contribution >= 4 is 57.9 Å². The molecule has 0 aromatic heterocycles. The predicted molar refractivity (Wildman–Crippen MR) is 130 cm³/mol. The van der Waals surface area contributed by atoms with Crippen LogP contribution < -0.4 is 9.47 Å². The topological polar surface area (TPSA) is 111 Å². The fourth-order valence-corrected chi connectivity index (χ4v) is 4.21. The van der Waals surface area contributed by atoms with Crippen LogP contribution in [0.5, 0.6) is 11.5 Å². The highest BCUT2D eigenvalue weighted by molar-refractivity contribution is 14.1. The first-order valence-electron chi connectivity index (χ1n) is 9.14. The molecule has 8 nitrogen and oxygen atoms in total. The van der Waals surface area contributed by atoms with Gasteiger partial charge in [-0.1, -0.05) is 11.8 Å². The van der Waals surface area contributed by atoms with E-state index in [1.165, 1.54) is 31.0 Å². The highest BCUT2D eigenvalue weighted by atomic mass is 127. The quantitative estimate of drug-likeness (QED) is 0.157. The number of methoxy groups -OCH3 is 1. The molecule has 0 spiro atoms. The number of hydrogen-bond donors (Lipinski definition) is 1. The van der Waals surface area contributed by atoms with Crippen LogP contribution in [0, 0.1) is 13.7 Å². The molecule has 0 radical (unpaired) electrons. The number of halogens is 1. The van der Waals surface area contributed by atoms with Gasteiger partial charge in [0.1, 0.15) is 0 Å². The van der Waals surface area contributed by atoms with Crippen LogP contribution in [0.1, 0.15) is 5.56 Å². The van der Waals surface area contributed by atoms with E-state index in [1.807, 2.05) is 30.3 Å². The summed E-state index contributed by atoms with van der Waals surface area (Å²) in [7, 11) is 1.49. The highest BCUT2D eigenvalue weighted by Crippen LogP contribution is 2.34. The molecular formula is C22H17IN2O6S. The minimum Gasteiger partial charge on any atom is -0.493 e. The molecule has 1 N–H and O–H groups in total. The average Bonchev–Trinajstić information content (AvgIpc) is 2.77. The second-order valence-corrected chi connectivity index (χ2v) is 8.63. The molecule has 0 heterocycles. The summed E-state index contributed by atoms with van der Waals surface area (Å²) in [5.74, 6) is -0.265. The van der Waals surface area contributed by atoms with Gasteiger partial charge in [0.25, 0.3) is 5.69 Å². The number of ether oxygens (including phenoxy) is 2. The van der Waals surface area contributed by atoms with Gasteiger partial charge in [-0.15, -0.1) is 0 Å². The number of nitrogens with zero attached hydrogens (tertiary/aromatic N) is 2. The fourth-order valence-electron chi connectivity index (χ4n) is 2.61. The first kappa shape index (κ1) is 23.5. The molecule has 0 aliphatic carbocycles. The zero-order valence-corrected chi connectivity index (χ0v) is 19.7. The van der Waals surface area contributed by atoms with E-state index >= 15 is 0 Å². The molecule has 0 aliphatic rings. The van der Waals surface area contributed by atoms with Gasteiger partial charge < -0.3 is 14.6 Å². The van der Waals surface area contributed by atoms with Crippen molar-refractivity contribution in [2.75, 3.05) is 13.7 Å². The third kappa shape index (κ3) is 6.44. The van der Waals surface area contributed by atoms with Crippen LogP contribution in [0.15, 0.2) is 75.4 Å². The van der Waals surface area contributed by atoms with Gasteiger partial charge in [0.05, 0.1) is 21.3 Å². The maximum atomic E-state index is 10.8. The van der Waals surface area contributed by atoms with E-state index in [0.717, 1.165) is 21.0 Å². The van der Waals surface area contributed by atoms with Crippen LogP contribution in [0.3, 0.4) is 0 Å². The second-order valence-electron chi connectivity index (χ2n) is 6.32. The van der Waals surface area contributed by atoms with E-state index in [4.69, 9.17) is 14.6 Å². The SMILES string of the molecule is COc1cc(C=Nc2ccc(Sc3ccc([N+](=O)[O-])cc3)cc2)cc(I)c1OCC(=O)O. The second kappa shape index (κ2) is 11.0. The van der Waals surface area contributed by atoms with Gasteiger partial charge in [0.15, 0.2) is 18.1 Å². The van der Waals surface area contributed by atoms with E-state index in [9.17, 15) is 14.9 Å². The molecule has 0 amide bonds. The summed E-state index contributed by atoms with van der Waals surface area (Å²) in [5, 5.41) is 19.6. The van der Waals surface area contributed by atoms with Crippen LogP contribution in [-0.4, -0.2) is 35.9 Å². The van der Waals surface area contributed by atoms with Gasteiger partial charge in [-0.3, -0.25) is 15.1 Å². The Kier molecular flexibility index (Phi) is 8.06. The lowest BCUT2D eigenvalue weighted by molar-refractivity contribution is -0.384. The number of aliphatic carboxylic acids is 1. The molecular weight excluding hydrogens is 547 g/mol. The predicted octanol–water partition coefficient (Wildman–Crippen LogP) is 5.57. The maximum absolute atomic E-state index is 10.8. The van der Waals surface area contributed by atoms with Crippen molar-refractivity contribution < 1.29 is 24.3 Å². The largest absolute Gasteiger partial charge is 0.493 e. The van der Waals surface area contributed by atoms with E-state index in [1.54, 1.807) is 24.4 Å². The number of benzene rings is 3. The molecule has 0 unspecified atom stereocenters. The molecule has 3 rings (SSSR count). The summed E-state index contributed by atoms with van der Waals surface area (Å²) in [6.07, 6.45) is 1.68. The zero-order chi connectivity index (χ0) is 23.1. The van der Waals surface area contributed by atoms with Crippen LogP contribution in [0.2, 0.25) is 0 Å². The monoisotopic (exact) mass is 564 g/mol. The molecule has 32 heavy (non-hydrogen) atoms. The van der Waals surface area contributed by atoms with Crippen molar-refractivity contribution in [3.63, 3.8) is 0 Å². The minimum atomic E-state index is -1.07. The summed E-state index contributed by atoms with van der Waals surface area (Å²) in [6.45, 7) is -0.454. The summed E-state index contributed by atoms with van der Waals surface area (Å²) in [4.78, 5) is 27.4. The lowest BCUT2D eigenvalue weighted by Crippen LogP contribution is -2.11. The first-order chi connectivity index (χ1) is 15.4. The Morgan fingerprint density at radius 1 is 1.16 bits per heavy atom. The van der Waals surface area contributed by atoms with Crippen LogP contribution >= 0.6 is 34.4 Å². The number of non-ortho nitro benzene ring substituents is 1. The van der Waals surface area contributed by atoms with Gasteiger partial charge in [-0.25, -0.2) is 4.79 Å². The number of carboxylic acid groups (broad SMARTS) is 1. The third-order valence-electron chi connectivity index (χ3n) is 4.07. The Morgan fingerprint density at radius 2 is 1.78 bits per heavy atom. The van der Waals surface area contributed by atoms with Crippen molar-refractivity contribution in [3.05, 3.63) is 79.9 Å². The molecule has 3 aromatic rings. The molecule has 0 bridgehead atoms. The van der Waals surface area contributed by atoms with Crippen molar-refractivity contribution in [1.29, 1.82) is 0 Å². The van der Waals surface area contributed by atoms with Gasteiger partial charge in [-0.05, 0) is 76.7 Å². The molecule has 164 valence electrons. The van der Waals surface area contributed by atoms with Gasteiger partial charge in [0, 0.05) is 28.1 Å². The highest BCUT2D eigenvalue weighted by Gasteiger charge is 2.12. The summed E-state index contributed by atoms with van der Waals surface area (Å²) >= 11 is 3.56. The molecule has 0 saturated carbocycles. The maximum Gasteiger partial charge on any atom is 0.341 e. The molecule has 10 heteroatoms. The smallest absolute Gasteiger partial charge is 0.341 e. The van der Waals surface area contributed by atoms with Crippen molar-refractivity contribution in [2.45, 2.75) is 9.79 Å². The third-order valence-corrected chi connectivity index (χ3v) is 5.89. The zero-order valence-electron chi connectivity index (χ0n) is 16.7. The van der Waals surface area contributed by atoms with Crippen LogP contribution in [0.4, 0.5) is 11.4 Å². The van der Waals surface area contributed by atoms with Crippen LogP contribution in [-0.2, 0) is 4.79 Å². The Balaban J connectivity index is 1.69. The van der Waals surface area contributed by atoms with Crippen molar-refractivity contribution in [3.8, 4) is 11.5 Å². The van der Waals surface area contributed by atoms with E-state index < -0.39 is 17.5 Å². The Labute approximate surface area is 201 Å². The molecule has 0 atom stereocenters. The number of carboxylic acids is 1. The molecule has 0 aliphatic heterocycles. The number of nitro benzene ring substituents is 1. The van der Waals surface area contributed by atoms with Crippen molar-refractivity contribution in [2.24, 2.45) is 4.99 Å². The van der Waals surface area contributed by atoms with E-state index in [0.29, 0.717) is 15.1 Å². The number of rotatable bonds is 9. The number of nitro groups is 1. The summed E-state index contributed by atoms with van der Waals surface area (Å²) in [6, 6.07) is 17.5. The average molecular weight is 564 g/mol. The van der Waals surface area contributed by atoms with E-state index in [-0.39, 0.29) is 5.69 Å². The van der Waals surface area contributed by atoms with E-state index in [2.05, 4.69) is 27.6 Å². The number of hydrogen-bond acceptors (Lipinski definition) is 7. The Bertz CT molecular complexity index is 1150. The standard InChI is InChI=1S/C22H17IN2O6S/c1-30-20-11-14(10-19(23)22(20)31-13-21(26)27)12-24-15-2-6-17(7-3-15)32-18-8-4-16(5-9-18)25(28)29/h2-12H,13H2,1H3,(H,26,27). The number of aliphatic imine (C=N–C) groups is 1. The molecule has 0 saturated heterocycles. The Hall–Kier alpha value is -3.12. The van der Waals surface area contributed by atoms with Gasteiger partial charge >= 0.3 is 5.97 Å². The van der Waals surface area contributed by atoms with Gasteiger partial charge in [-0.2, -0.15) is 0 Å². The van der Waals surface area contributed by atoms with Crippen LogP contribution in [0.25, 0.3) is 0 Å². The molecule has 3 aromatic carbocycles. The normalized spacial score (nSPS) is 10.8. The number of carbonyl (C=O) groups is 1. The lowest BCUT2D eigenvalue weighted by Gasteiger charge is -2.12.